The van der Waals surface area contributed by atoms with Gasteiger partial charge in [-0.15, -0.1) is 0 Å². The molecule has 0 spiro atoms. The van der Waals surface area contributed by atoms with E-state index in [1.54, 1.807) is 6.92 Å². The number of pyridine rings is 2. The van der Waals surface area contributed by atoms with Gasteiger partial charge >= 0.3 is 24.3 Å². The molecule has 4 aromatic carbocycles. The molecular formula is C48H38Cl4F6N2O9. The van der Waals surface area contributed by atoms with Gasteiger partial charge in [0.2, 0.25) is 16.7 Å². The average Bonchev–Trinajstić information content (AvgIpc) is 3.28. The summed E-state index contributed by atoms with van der Waals surface area (Å²) in [4.78, 5) is 51.3. The van der Waals surface area contributed by atoms with E-state index in [2.05, 4.69) is 0 Å². The number of alkyl halides is 6. The summed E-state index contributed by atoms with van der Waals surface area (Å²) in [5.74, 6) is -6.64. The van der Waals surface area contributed by atoms with Gasteiger partial charge in [0.25, 0.3) is 0 Å². The first-order valence-corrected chi connectivity index (χ1v) is 21.9. The minimum absolute atomic E-state index is 0.0418. The summed E-state index contributed by atoms with van der Waals surface area (Å²) in [7, 11) is 2.40. The third kappa shape index (κ3) is 10.5. The van der Waals surface area contributed by atoms with Gasteiger partial charge < -0.3 is 33.2 Å². The average molecular weight is 1040 g/mol. The molecular weight excluding hydrogens is 1000 g/mol. The third-order valence-electron chi connectivity index (χ3n) is 11.3. The highest BCUT2D eigenvalue weighted by molar-refractivity contribution is 6.34. The van der Waals surface area contributed by atoms with Crippen LogP contribution in [-0.2, 0) is 34.8 Å². The summed E-state index contributed by atoms with van der Waals surface area (Å²) in [6.45, 7) is 3.77. The van der Waals surface area contributed by atoms with Gasteiger partial charge in [0, 0.05) is 71.6 Å². The summed E-state index contributed by atoms with van der Waals surface area (Å²) in [6, 6.07) is 17.9. The van der Waals surface area contributed by atoms with Crippen molar-refractivity contribution >= 4 is 58.3 Å². The topological polar surface area (TPSA) is 135 Å². The van der Waals surface area contributed by atoms with E-state index >= 15 is 13.2 Å². The Morgan fingerprint density at radius 2 is 0.986 bits per heavy atom. The Bertz CT molecular complexity index is 3070. The van der Waals surface area contributed by atoms with Crippen LogP contribution in [0.1, 0.15) is 75.6 Å². The first-order chi connectivity index (χ1) is 32.2. The van der Waals surface area contributed by atoms with E-state index in [0.29, 0.717) is 0 Å². The molecule has 11 nitrogen and oxygen atoms in total. The van der Waals surface area contributed by atoms with Crippen LogP contribution < -0.4 is 20.6 Å². The van der Waals surface area contributed by atoms with E-state index in [1.165, 1.54) is 68.7 Å². The molecule has 0 aliphatic rings. The highest BCUT2D eigenvalue weighted by Crippen LogP contribution is 2.54. The van der Waals surface area contributed by atoms with Crippen LogP contribution in [0.4, 0.5) is 26.3 Å². The van der Waals surface area contributed by atoms with E-state index < -0.39 is 80.2 Å². The standard InChI is InChI=1S/C48H38Cl4F6N2O9/c1-6-66-43(63)35-21-31(11-15-39(35)51)68-30-10-14-38(50)34(20-30)26(3)46(48(56,57)58,28-8-18-42(62)60(5)24-28)69-44(64)36-22-32(12-16-40(36)52)67-29-9-13-37(49)33(19-29)25(2)45(65,47(53,54)55)27-7-17-41(61)59(4)23-27/h7-26,65H,6H2,1-5H3. The lowest BCUT2D eigenvalue weighted by molar-refractivity contribution is -0.274. The Morgan fingerprint density at radius 3 is 1.42 bits per heavy atom. The molecule has 0 aliphatic heterocycles. The van der Waals surface area contributed by atoms with Gasteiger partial charge in [-0.3, -0.25) is 9.59 Å². The maximum atomic E-state index is 16.1. The number of ether oxygens (including phenoxy) is 4. The first-order valence-electron chi connectivity index (χ1n) is 20.4. The zero-order valence-corrected chi connectivity index (χ0v) is 39.7. The summed E-state index contributed by atoms with van der Waals surface area (Å²) in [5, 5.41) is 10.6. The molecule has 21 heteroatoms. The van der Waals surface area contributed by atoms with Crippen LogP contribution in [0.25, 0.3) is 0 Å². The van der Waals surface area contributed by atoms with Crippen LogP contribution in [0.2, 0.25) is 20.1 Å². The fourth-order valence-electron chi connectivity index (χ4n) is 7.57. The number of aromatic nitrogens is 2. The Morgan fingerprint density at radius 1 is 0.580 bits per heavy atom. The first kappa shape index (κ1) is 52.4. The van der Waals surface area contributed by atoms with Crippen molar-refractivity contribution in [2.75, 3.05) is 6.61 Å². The van der Waals surface area contributed by atoms with E-state index in [9.17, 15) is 37.5 Å². The van der Waals surface area contributed by atoms with E-state index in [0.717, 1.165) is 77.8 Å². The lowest BCUT2D eigenvalue weighted by atomic mass is 9.77. The molecule has 0 fully saturated rings. The summed E-state index contributed by atoms with van der Waals surface area (Å²) in [5.41, 5.74) is -11.2. The van der Waals surface area contributed by atoms with Crippen LogP contribution in [0, 0.1) is 0 Å². The molecule has 0 saturated heterocycles. The largest absolute Gasteiger partial charge is 0.462 e. The van der Waals surface area contributed by atoms with Crippen molar-refractivity contribution in [3.05, 3.63) is 184 Å². The van der Waals surface area contributed by atoms with Gasteiger partial charge in [-0.05, 0) is 103 Å². The van der Waals surface area contributed by atoms with Crippen LogP contribution in [0.5, 0.6) is 23.0 Å². The van der Waals surface area contributed by atoms with Crippen LogP contribution >= 0.6 is 46.4 Å². The van der Waals surface area contributed by atoms with Crippen LogP contribution in [0.15, 0.2) is 119 Å². The van der Waals surface area contributed by atoms with Crippen molar-refractivity contribution in [1.82, 2.24) is 9.13 Å². The second-order valence-electron chi connectivity index (χ2n) is 15.6. The van der Waals surface area contributed by atoms with Gasteiger partial charge in [0.15, 0.2) is 5.60 Å². The lowest BCUT2D eigenvalue weighted by Crippen LogP contribution is -2.50. The van der Waals surface area contributed by atoms with E-state index in [-0.39, 0.29) is 61.4 Å². The van der Waals surface area contributed by atoms with Gasteiger partial charge in [-0.1, -0.05) is 60.3 Å². The van der Waals surface area contributed by atoms with Crippen molar-refractivity contribution in [1.29, 1.82) is 0 Å². The Hall–Kier alpha value is -5.98. The quantitative estimate of drug-likeness (QED) is 0.0835. The minimum atomic E-state index is -5.48. The number of nitrogens with zero attached hydrogens (tertiary/aromatic N) is 2. The van der Waals surface area contributed by atoms with Crippen LogP contribution in [-0.4, -0.2) is 45.1 Å². The molecule has 0 bridgehead atoms. The van der Waals surface area contributed by atoms with Crippen LogP contribution in [0.3, 0.4) is 0 Å². The normalized spacial score (nSPS) is 14.5. The zero-order chi connectivity index (χ0) is 51.0. The van der Waals surface area contributed by atoms with Crippen molar-refractivity contribution < 1.29 is 60.0 Å². The van der Waals surface area contributed by atoms with Gasteiger partial charge in [-0.2, -0.15) is 26.3 Å². The van der Waals surface area contributed by atoms with Gasteiger partial charge in [0.05, 0.1) is 27.8 Å². The number of halogens is 10. The molecule has 2 heterocycles. The molecule has 69 heavy (non-hydrogen) atoms. The number of esters is 2. The zero-order valence-electron chi connectivity index (χ0n) is 36.6. The lowest BCUT2D eigenvalue weighted by Gasteiger charge is -2.40. The van der Waals surface area contributed by atoms with Crippen molar-refractivity contribution in [3.8, 4) is 23.0 Å². The number of aryl methyl sites for hydroxylation is 2. The Kier molecular flexibility index (Phi) is 15.3. The van der Waals surface area contributed by atoms with Gasteiger partial charge in [0.1, 0.15) is 23.0 Å². The fraction of sp³-hybridized carbons (Fsp3) is 0.250. The molecule has 2 aromatic heterocycles. The SMILES string of the molecule is CCOC(=O)c1cc(Oc2ccc(Cl)c(C(C)C(OC(=O)c3cc(Oc4ccc(Cl)c(C(C)C(O)(c5ccc(=O)n(C)c5)C(F)(F)F)c4)ccc3Cl)(c3ccc(=O)n(C)c3)C(F)(F)F)c2)ccc1Cl. The smallest absolute Gasteiger partial charge is 0.433 e. The molecule has 6 aromatic rings. The van der Waals surface area contributed by atoms with E-state index in [1.807, 2.05) is 0 Å². The number of benzene rings is 4. The molecule has 0 aliphatic carbocycles. The van der Waals surface area contributed by atoms with Gasteiger partial charge in [-0.25, -0.2) is 9.59 Å². The summed E-state index contributed by atoms with van der Waals surface area (Å²) < 4.78 is 117. The predicted molar refractivity (Wildman–Crippen MR) is 245 cm³/mol. The monoisotopic (exact) mass is 1040 g/mol. The fourth-order valence-corrected chi connectivity index (χ4v) is 8.52. The number of carbonyl (C=O) groups excluding carboxylic acids is 2. The molecule has 1 N–H and O–H groups in total. The Balaban J connectivity index is 1.39. The molecule has 0 radical (unpaired) electrons. The number of hydrogen-bond acceptors (Lipinski definition) is 9. The molecule has 0 saturated carbocycles. The van der Waals surface area contributed by atoms with E-state index in [4.69, 9.17) is 65.4 Å². The maximum Gasteiger partial charge on any atom is 0.433 e. The number of aliphatic hydroxyl groups is 1. The number of carbonyl (C=O) groups is 2. The summed E-state index contributed by atoms with van der Waals surface area (Å²) >= 11 is 25.6. The molecule has 364 valence electrons. The van der Waals surface area contributed by atoms with Crippen molar-refractivity contribution in [3.63, 3.8) is 0 Å². The van der Waals surface area contributed by atoms with Crippen molar-refractivity contribution in [2.45, 2.75) is 56.2 Å². The maximum absolute atomic E-state index is 16.1. The predicted octanol–water partition coefficient (Wildman–Crippen LogP) is 12.4. The molecule has 4 atom stereocenters. The minimum Gasteiger partial charge on any atom is -0.462 e. The van der Waals surface area contributed by atoms with Crippen molar-refractivity contribution in [2.24, 2.45) is 14.1 Å². The third-order valence-corrected chi connectivity index (χ3v) is 12.7. The Labute approximate surface area is 409 Å². The molecule has 6 rings (SSSR count). The number of hydrogen-bond donors (Lipinski definition) is 1. The summed E-state index contributed by atoms with van der Waals surface area (Å²) in [6.07, 6.45) is -9.09. The second-order valence-corrected chi connectivity index (χ2v) is 17.3. The second kappa shape index (κ2) is 20.2. The molecule has 0 amide bonds. The highest BCUT2D eigenvalue weighted by atomic mass is 35.5. The number of rotatable bonds is 14. The molecule has 4 unspecified atom stereocenters. The highest BCUT2D eigenvalue weighted by Gasteiger charge is 2.64.